The zero-order valence-corrected chi connectivity index (χ0v) is 12.8. The lowest BCUT2D eigenvalue weighted by atomic mass is 10.2. The highest BCUT2D eigenvalue weighted by molar-refractivity contribution is 7.90. The summed E-state index contributed by atoms with van der Waals surface area (Å²) in [7, 11) is -3.92. The highest BCUT2D eigenvalue weighted by atomic mass is 32.2. The van der Waals surface area contributed by atoms with Gasteiger partial charge in [-0.3, -0.25) is 9.59 Å². The molecule has 0 aromatic heterocycles. The molecule has 7 heteroatoms. The molecule has 1 heterocycles. The van der Waals surface area contributed by atoms with Crippen molar-refractivity contribution in [3.05, 3.63) is 29.8 Å². The van der Waals surface area contributed by atoms with E-state index in [1.54, 1.807) is 12.1 Å². The topological polar surface area (TPSA) is 83.6 Å². The van der Waals surface area contributed by atoms with Crippen LogP contribution in [-0.4, -0.2) is 37.1 Å². The molecular weight excluding hydrogens is 292 g/mol. The second kappa shape index (κ2) is 5.85. The summed E-state index contributed by atoms with van der Waals surface area (Å²) in [5, 5.41) is 2.73. The molecule has 0 spiro atoms. The van der Waals surface area contributed by atoms with Crippen LogP contribution in [0.4, 0.5) is 0 Å². The Labute approximate surface area is 124 Å². The van der Waals surface area contributed by atoms with E-state index in [1.165, 1.54) is 12.1 Å². The molecule has 2 amide bonds. The third kappa shape index (κ3) is 2.78. The Balaban J connectivity index is 2.20. The number of nitrogens with one attached hydrogen (secondary N) is 1. The van der Waals surface area contributed by atoms with Crippen LogP contribution in [0.15, 0.2) is 29.2 Å². The molecule has 0 saturated carbocycles. The van der Waals surface area contributed by atoms with Crippen LogP contribution < -0.4 is 5.32 Å². The molecule has 114 valence electrons. The second-order valence-corrected chi connectivity index (χ2v) is 6.72. The molecule has 1 aromatic carbocycles. The van der Waals surface area contributed by atoms with Crippen LogP contribution in [0.1, 0.15) is 37.0 Å². The fourth-order valence-electron chi connectivity index (χ4n) is 2.28. The number of amides is 2. The van der Waals surface area contributed by atoms with Gasteiger partial charge in [-0.15, -0.1) is 0 Å². The Morgan fingerprint density at radius 2 is 1.86 bits per heavy atom. The van der Waals surface area contributed by atoms with E-state index in [2.05, 4.69) is 5.32 Å². The van der Waals surface area contributed by atoms with Crippen LogP contribution >= 0.6 is 0 Å². The van der Waals surface area contributed by atoms with Gasteiger partial charge >= 0.3 is 0 Å². The molecule has 0 fully saturated rings. The van der Waals surface area contributed by atoms with Gasteiger partial charge in [0.25, 0.3) is 15.9 Å². The van der Waals surface area contributed by atoms with Crippen molar-refractivity contribution in [2.24, 2.45) is 0 Å². The number of hydrogen-bond donors (Lipinski definition) is 1. The van der Waals surface area contributed by atoms with Gasteiger partial charge in [-0.05, 0) is 25.0 Å². The smallest absolute Gasteiger partial charge is 0.269 e. The molecule has 1 aliphatic heterocycles. The number of rotatable bonds is 5. The molecule has 0 aliphatic carbocycles. The Hall–Kier alpha value is -1.89. The van der Waals surface area contributed by atoms with Gasteiger partial charge in [-0.25, -0.2) is 12.7 Å². The lowest BCUT2D eigenvalue weighted by molar-refractivity contribution is -0.121. The van der Waals surface area contributed by atoms with Gasteiger partial charge in [0.05, 0.1) is 5.56 Å². The van der Waals surface area contributed by atoms with Crippen molar-refractivity contribution in [3.63, 3.8) is 0 Å². The van der Waals surface area contributed by atoms with E-state index in [-0.39, 0.29) is 16.5 Å². The summed E-state index contributed by atoms with van der Waals surface area (Å²) in [6.45, 7) is 3.39. The fourth-order valence-corrected chi connectivity index (χ4v) is 3.81. The largest absolute Gasteiger partial charge is 0.352 e. The first-order valence-corrected chi connectivity index (χ1v) is 8.31. The monoisotopic (exact) mass is 310 g/mol. The maximum absolute atomic E-state index is 12.3. The minimum atomic E-state index is -3.92. The maximum Gasteiger partial charge on any atom is 0.269 e. The zero-order valence-electron chi connectivity index (χ0n) is 12.0. The lowest BCUT2D eigenvalue weighted by Crippen LogP contribution is -2.43. The van der Waals surface area contributed by atoms with Crippen LogP contribution in [0.2, 0.25) is 0 Å². The first-order valence-electron chi connectivity index (χ1n) is 6.87. The van der Waals surface area contributed by atoms with Gasteiger partial charge in [0, 0.05) is 6.04 Å². The summed E-state index contributed by atoms with van der Waals surface area (Å²) in [5.74, 6) is -1.11. The zero-order chi connectivity index (χ0) is 15.6. The predicted molar refractivity (Wildman–Crippen MR) is 77.2 cm³/mol. The number of fused-ring (bicyclic) bond motifs is 1. The molecule has 1 aliphatic rings. The summed E-state index contributed by atoms with van der Waals surface area (Å²) in [5.41, 5.74) is 0.118. The lowest BCUT2D eigenvalue weighted by Gasteiger charge is -2.18. The second-order valence-electron chi connectivity index (χ2n) is 4.89. The summed E-state index contributed by atoms with van der Waals surface area (Å²) in [6, 6.07) is 5.97. The van der Waals surface area contributed by atoms with Gasteiger partial charge in [-0.1, -0.05) is 26.0 Å². The van der Waals surface area contributed by atoms with Crippen molar-refractivity contribution in [2.45, 2.75) is 37.6 Å². The SMILES string of the molecule is CCC(CC)NC(=O)CN1C(=O)c2ccccc2S1(=O)=O. The molecule has 0 atom stereocenters. The average Bonchev–Trinajstić information content (AvgIpc) is 2.66. The average molecular weight is 310 g/mol. The van der Waals surface area contributed by atoms with Gasteiger partial charge < -0.3 is 5.32 Å². The third-order valence-corrected chi connectivity index (χ3v) is 5.34. The molecule has 21 heavy (non-hydrogen) atoms. The van der Waals surface area contributed by atoms with Gasteiger partial charge in [-0.2, -0.15) is 0 Å². The van der Waals surface area contributed by atoms with E-state index in [0.717, 1.165) is 12.8 Å². The van der Waals surface area contributed by atoms with E-state index in [9.17, 15) is 18.0 Å². The summed E-state index contributed by atoms with van der Waals surface area (Å²) >= 11 is 0. The first kappa shape index (κ1) is 15.5. The van der Waals surface area contributed by atoms with E-state index in [4.69, 9.17) is 0 Å². The van der Waals surface area contributed by atoms with Crippen molar-refractivity contribution in [1.82, 2.24) is 9.62 Å². The molecule has 6 nitrogen and oxygen atoms in total. The van der Waals surface area contributed by atoms with Gasteiger partial charge in [0.1, 0.15) is 11.4 Å². The molecule has 0 bridgehead atoms. The normalized spacial score (nSPS) is 16.1. The molecule has 1 N–H and O–H groups in total. The number of carbonyl (C=O) groups is 2. The molecular formula is C14H18N2O4S. The molecule has 0 radical (unpaired) electrons. The molecule has 2 rings (SSSR count). The number of sulfonamides is 1. The molecule has 0 unspecified atom stereocenters. The van der Waals surface area contributed by atoms with Gasteiger partial charge in [0.2, 0.25) is 5.91 Å². The number of hydrogen-bond acceptors (Lipinski definition) is 4. The summed E-state index contributed by atoms with van der Waals surface area (Å²) in [6.07, 6.45) is 1.51. The van der Waals surface area contributed by atoms with E-state index in [0.29, 0.717) is 4.31 Å². The van der Waals surface area contributed by atoms with E-state index >= 15 is 0 Å². The number of benzene rings is 1. The Morgan fingerprint density at radius 3 is 2.43 bits per heavy atom. The van der Waals surface area contributed by atoms with Crippen LogP contribution in [0.3, 0.4) is 0 Å². The van der Waals surface area contributed by atoms with E-state index in [1.807, 2.05) is 13.8 Å². The highest BCUT2D eigenvalue weighted by Crippen LogP contribution is 2.29. The highest BCUT2D eigenvalue weighted by Gasteiger charge is 2.41. The Morgan fingerprint density at radius 1 is 1.24 bits per heavy atom. The van der Waals surface area contributed by atoms with Crippen molar-refractivity contribution in [2.75, 3.05) is 6.54 Å². The van der Waals surface area contributed by atoms with Crippen molar-refractivity contribution >= 4 is 21.8 Å². The maximum atomic E-state index is 12.3. The minimum Gasteiger partial charge on any atom is -0.352 e. The number of carbonyl (C=O) groups excluding carboxylic acids is 2. The Kier molecular flexibility index (Phi) is 4.32. The third-order valence-electron chi connectivity index (χ3n) is 3.55. The summed E-state index contributed by atoms with van der Waals surface area (Å²) in [4.78, 5) is 24.0. The van der Waals surface area contributed by atoms with Crippen LogP contribution in [0, 0.1) is 0 Å². The molecule has 1 aromatic rings. The van der Waals surface area contributed by atoms with E-state index < -0.39 is 28.4 Å². The Bertz CT molecular complexity index is 665. The van der Waals surface area contributed by atoms with Crippen LogP contribution in [-0.2, 0) is 14.8 Å². The van der Waals surface area contributed by atoms with Crippen LogP contribution in [0.5, 0.6) is 0 Å². The van der Waals surface area contributed by atoms with Crippen molar-refractivity contribution in [3.8, 4) is 0 Å². The van der Waals surface area contributed by atoms with Gasteiger partial charge in [0.15, 0.2) is 0 Å². The molecule has 0 saturated heterocycles. The van der Waals surface area contributed by atoms with Crippen molar-refractivity contribution < 1.29 is 18.0 Å². The van der Waals surface area contributed by atoms with Crippen molar-refractivity contribution in [1.29, 1.82) is 0 Å². The van der Waals surface area contributed by atoms with Crippen LogP contribution in [0.25, 0.3) is 0 Å². The minimum absolute atomic E-state index is 0.0136. The standard InChI is InChI=1S/C14H18N2O4S/c1-3-10(4-2)15-13(17)9-16-14(18)11-7-5-6-8-12(11)21(16,19)20/h5-8,10H,3-4,9H2,1-2H3,(H,15,17). The number of nitrogens with zero attached hydrogens (tertiary/aromatic N) is 1. The first-order chi connectivity index (χ1) is 9.91. The fraction of sp³-hybridized carbons (Fsp3) is 0.429. The summed E-state index contributed by atoms with van der Waals surface area (Å²) < 4.78 is 25.2. The quantitative estimate of drug-likeness (QED) is 0.884. The predicted octanol–water partition coefficient (Wildman–Crippen LogP) is 1.14.